The van der Waals surface area contributed by atoms with Gasteiger partial charge in [-0.25, -0.2) is 4.79 Å². The molecule has 1 saturated heterocycles. The lowest BCUT2D eigenvalue weighted by Gasteiger charge is -2.33. The van der Waals surface area contributed by atoms with Crippen molar-refractivity contribution in [1.29, 1.82) is 0 Å². The number of anilines is 1. The third-order valence-corrected chi connectivity index (χ3v) is 7.10. The summed E-state index contributed by atoms with van der Waals surface area (Å²) < 4.78 is 44.2. The summed E-state index contributed by atoms with van der Waals surface area (Å²) in [5.74, 6) is 0.822. The number of ether oxygens (including phenoxy) is 1. The van der Waals surface area contributed by atoms with Crippen LogP contribution in [-0.2, 0) is 22.4 Å². The molecule has 1 N–H and O–H groups in total. The molecule has 176 valence electrons. The normalized spacial score (nSPS) is 20.0. The van der Waals surface area contributed by atoms with E-state index in [0.717, 1.165) is 12.1 Å². The number of thioether (sulfide) groups is 1. The molecule has 0 aromatic heterocycles. The van der Waals surface area contributed by atoms with Gasteiger partial charge < -0.3 is 15.0 Å². The lowest BCUT2D eigenvalue weighted by atomic mass is 10.1. The van der Waals surface area contributed by atoms with Crippen LogP contribution in [0.15, 0.2) is 42.5 Å². The molecule has 2 heterocycles. The largest absolute Gasteiger partial charge is 0.497 e. The van der Waals surface area contributed by atoms with E-state index in [4.69, 9.17) is 4.74 Å². The fourth-order valence-corrected chi connectivity index (χ4v) is 5.64. The molecule has 6 nitrogen and oxygen atoms in total. The summed E-state index contributed by atoms with van der Waals surface area (Å²) in [5.41, 5.74) is 1.05. The van der Waals surface area contributed by atoms with E-state index in [0.29, 0.717) is 34.9 Å². The smallest absolute Gasteiger partial charge is 0.416 e. The minimum absolute atomic E-state index is 0.0816. The molecule has 1 spiro atoms. The maximum Gasteiger partial charge on any atom is 0.416 e. The molecule has 33 heavy (non-hydrogen) atoms. The van der Waals surface area contributed by atoms with Crippen LogP contribution in [0.4, 0.5) is 23.7 Å². The van der Waals surface area contributed by atoms with Gasteiger partial charge in [0.2, 0.25) is 0 Å². The van der Waals surface area contributed by atoms with E-state index >= 15 is 0 Å². The van der Waals surface area contributed by atoms with Gasteiger partial charge >= 0.3 is 12.2 Å². The fraction of sp³-hybridized carbons (Fsp3) is 0.391. The first kappa shape index (κ1) is 23.3. The minimum atomic E-state index is -4.43. The molecule has 0 aliphatic carbocycles. The van der Waals surface area contributed by atoms with Gasteiger partial charge in [0.15, 0.2) is 4.87 Å². The molecular weight excluding hydrogens is 455 g/mol. The molecule has 3 amide bonds. The van der Waals surface area contributed by atoms with Crippen LogP contribution < -0.4 is 15.0 Å². The van der Waals surface area contributed by atoms with Crippen LogP contribution >= 0.6 is 11.8 Å². The van der Waals surface area contributed by atoms with Crippen LogP contribution in [0, 0.1) is 0 Å². The second kappa shape index (κ2) is 8.48. The van der Waals surface area contributed by atoms with Crippen LogP contribution in [0.5, 0.6) is 5.75 Å². The Labute approximate surface area is 194 Å². The van der Waals surface area contributed by atoms with Crippen LogP contribution in [-0.4, -0.2) is 42.3 Å². The van der Waals surface area contributed by atoms with Crippen molar-refractivity contribution in [3.8, 4) is 5.75 Å². The number of methoxy groups -OCH3 is 1. The summed E-state index contributed by atoms with van der Waals surface area (Å²) in [4.78, 5) is 28.7. The highest BCUT2D eigenvalue weighted by molar-refractivity contribution is 8.01. The highest BCUT2D eigenvalue weighted by Crippen LogP contribution is 2.55. The van der Waals surface area contributed by atoms with E-state index in [9.17, 15) is 22.8 Å². The Morgan fingerprint density at radius 3 is 2.52 bits per heavy atom. The fourth-order valence-electron chi connectivity index (χ4n) is 4.18. The van der Waals surface area contributed by atoms with Crippen molar-refractivity contribution in [2.45, 2.75) is 37.5 Å². The Balaban J connectivity index is 1.74. The van der Waals surface area contributed by atoms with E-state index < -0.39 is 16.6 Å². The molecular formula is C23H24F3N3O3S. The molecule has 1 atom stereocenters. The second-order valence-corrected chi connectivity index (χ2v) is 9.51. The number of rotatable bonds is 4. The number of carbonyl (C=O) groups is 2. The van der Waals surface area contributed by atoms with Crippen LogP contribution in [0.2, 0.25) is 0 Å². The number of urea groups is 1. The average Bonchev–Trinajstić information content (AvgIpc) is 3.30. The van der Waals surface area contributed by atoms with Gasteiger partial charge in [-0.1, -0.05) is 12.1 Å². The lowest BCUT2D eigenvalue weighted by molar-refractivity contribution is -0.137. The second-order valence-electron chi connectivity index (χ2n) is 8.22. The van der Waals surface area contributed by atoms with E-state index in [2.05, 4.69) is 5.32 Å². The van der Waals surface area contributed by atoms with Crippen molar-refractivity contribution in [2.75, 3.05) is 24.3 Å². The quantitative estimate of drug-likeness (QED) is 0.698. The summed E-state index contributed by atoms with van der Waals surface area (Å²) >= 11 is 1.38. The number of fused-ring (bicyclic) bond motifs is 2. The zero-order valence-electron chi connectivity index (χ0n) is 18.4. The Hall–Kier alpha value is -2.88. The highest BCUT2D eigenvalue weighted by Gasteiger charge is 2.59. The summed E-state index contributed by atoms with van der Waals surface area (Å²) in [5, 5.41) is 2.87. The maximum absolute atomic E-state index is 13.9. The number of hydrogen-bond acceptors (Lipinski definition) is 4. The third-order valence-electron chi connectivity index (χ3n) is 5.68. The number of nitrogens with one attached hydrogen (secondary N) is 1. The molecule has 2 aliphatic rings. The molecule has 1 unspecified atom stereocenters. The molecule has 2 aromatic rings. The van der Waals surface area contributed by atoms with Gasteiger partial charge in [0.25, 0.3) is 5.91 Å². The molecule has 4 rings (SSSR count). The van der Waals surface area contributed by atoms with Gasteiger partial charge in [-0.05, 0) is 49.7 Å². The number of carbonyl (C=O) groups excluding carboxylic acids is 2. The van der Waals surface area contributed by atoms with E-state index in [1.165, 1.54) is 35.9 Å². The lowest BCUT2D eigenvalue weighted by Crippen LogP contribution is -2.54. The van der Waals surface area contributed by atoms with Crippen LogP contribution in [0.1, 0.15) is 30.5 Å². The van der Waals surface area contributed by atoms with E-state index in [-0.39, 0.29) is 24.5 Å². The van der Waals surface area contributed by atoms with Gasteiger partial charge in [0.05, 0.1) is 24.9 Å². The molecule has 2 aliphatic heterocycles. The third kappa shape index (κ3) is 4.01. The topological polar surface area (TPSA) is 61.9 Å². The van der Waals surface area contributed by atoms with Gasteiger partial charge in [0, 0.05) is 23.9 Å². The number of alkyl halides is 3. The van der Waals surface area contributed by atoms with Gasteiger partial charge in [-0.15, -0.1) is 11.8 Å². The van der Waals surface area contributed by atoms with Crippen molar-refractivity contribution in [3.63, 3.8) is 0 Å². The van der Waals surface area contributed by atoms with E-state index in [1.807, 2.05) is 13.8 Å². The summed E-state index contributed by atoms with van der Waals surface area (Å²) in [6.45, 7) is 4.16. The van der Waals surface area contributed by atoms with Crippen molar-refractivity contribution in [1.82, 2.24) is 10.2 Å². The standard InChI is InChI=1S/C23H24F3N3O3S/c1-14(2)27-21(31)29-10-11-33-22(29)18-12-17(32-3)8-9-19(18)28(20(22)30)13-15-4-6-16(7-5-15)23(24,25)26/h4-9,12,14H,10-11,13H2,1-3H3,(H,27,31). The predicted octanol–water partition coefficient (Wildman–Crippen LogP) is 4.58. The van der Waals surface area contributed by atoms with Crippen molar-refractivity contribution in [3.05, 3.63) is 59.2 Å². The number of hydrogen-bond donors (Lipinski definition) is 1. The predicted molar refractivity (Wildman–Crippen MR) is 120 cm³/mol. The minimum Gasteiger partial charge on any atom is -0.497 e. The summed E-state index contributed by atoms with van der Waals surface area (Å²) in [6.07, 6.45) is -4.43. The van der Waals surface area contributed by atoms with Crippen LogP contribution in [0.25, 0.3) is 0 Å². The Morgan fingerprint density at radius 2 is 1.91 bits per heavy atom. The van der Waals surface area contributed by atoms with Crippen molar-refractivity contribution in [2.24, 2.45) is 0 Å². The zero-order valence-corrected chi connectivity index (χ0v) is 19.2. The van der Waals surface area contributed by atoms with Crippen LogP contribution in [0.3, 0.4) is 0 Å². The number of halogens is 3. The number of amides is 3. The first-order chi connectivity index (χ1) is 15.6. The monoisotopic (exact) mass is 479 g/mol. The van der Waals surface area contributed by atoms with Gasteiger partial charge in [-0.3, -0.25) is 9.69 Å². The number of benzene rings is 2. The molecule has 0 saturated carbocycles. The molecule has 1 fully saturated rings. The first-order valence-corrected chi connectivity index (χ1v) is 11.4. The molecule has 0 radical (unpaired) electrons. The van der Waals surface area contributed by atoms with Gasteiger partial charge in [0.1, 0.15) is 5.75 Å². The molecule has 2 aromatic carbocycles. The summed E-state index contributed by atoms with van der Waals surface area (Å²) in [7, 11) is 1.52. The van der Waals surface area contributed by atoms with Gasteiger partial charge in [-0.2, -0.15) is 13.2 Å². The highest BCUT2D eigenvalue weighted by atomic mass is 32.2. The SMILES string of the molecule is COc1ccc2c(c1)C1(SCCN1C(=O)NC(C)C)C(=O)N2Cc1ccc(C(F)(F)F)cc1. The maximum atomic E-state index is 13.9. The average molecular weight is 480 g/mol. The summed E-state index contributed by atoms with van der Waals surface area (Å²) in [6, 6.07) is 9.54. The Bertz CT molecular complexity index is 1070. The first-order valence-electron chi connectivity index (χ1n) is 10.5. The van der Waals surface area contributed by atoms with Crippen molar-refractivity contribution >= 4 is 29.4 Å². The molecule has 0 bridgehead atoms. The Kier molecular flexibility index (Phi) is 5.98. The Morgan fingerprint density at radius 1 is 1.21 bits per heavy atom. The van der Waals surface area contributed by atoms with E-state index in [1.54, 1.807) is 23.1 Å². The zero-order chi connectivity index (χ0) is 24.0. The molecule has 10 heteroatoms. The number of nitrogens with zero attached hydrogens (tertiary/aromatic N) is 2. The van der Waals surface area contributed by atoms with Crippen molar-refractivity contribution < 1.29 is 27.5 Å².